The van der Waals surface area contributed by atoms with Gasteiger partial charge in [-0.1, -0.05) is 50.3 Å². The summed E-state index contributed by atoms with van der Waals surface area (Å²) in [5.74, 6) is 0.964. The number of piperidine rings is 2. The lowest BCUT2D eigenvalue weighted by molar-refractivity contribution is -0.143. The number of benzene rings is 1. The molecule has 0 saturated carbocycles. The van der Waals surface area contributed by atoms with Crippen LogP contribution in [0.2, 0.25) is 0 Å². The predicted octanol–water partition coefficient (Wildman–Crippen LogP) is 3.38. The number of rotatable bonds is 4. The zero-order valence-electron chi connectivity index (χ0n) is 15.8. The second-order valence-corrected chi connectivity index (χ2v) is 7.62. The Kier molecular flexibility index (Phi) is 5.80. The topological polar surface area (TPSA) is 40.6 Å². The molecule has 2 aliphatic rings. The first-order valence-electron chi connectivity index (χ1n) is 9.87. The third-order valence-electron chi connectivity index (χ3n) is 6.32. The summed E-state index contributed by atoms with van der Waals surface area (Å²) in [6.07, 6.45) is 6.14. The Hall–Kier alpha value is -2.10. The fourth-order valence-corrected chi connectivity index (χ4v) is 4.47. The molecule has 4 heteroatoms. The average Bonchev–Trinajstić information content (AvgIpc) is 2.73. The first-order chi connectivity index (χ1) is 12.6. The van der Waals surface area contributed by atoms with Gasteiger partial charge < -0.3 is 9.80 Å². The molecule has 1 aromatic rings. The summed E-state index contributed by atoms with van der Waals surface area (Å²) in [4.78, 5) is 29.5. The largest absolute Gasteiger partial charge is 0.342 e. The first-order valence-corrected chi connectivity index (χ1v) is 9.87. The Morgan fingerprint density at radius 2 is 1.69 bits per heavy atom. The monoisotopic (exact) mass is 354 g/mol. The highest BCUT2D eigenvalue weighted by Crippen LogP contribution is 2.38. The standard InChI is InChI=1S/C22H30N2O2/c1-3-18-10-14-24(15-11-18)21(26)22(19-8-6-5-7-9-19)12-16-23(17-13-22)20(25)4-2/h4-9,18H,2-3,10-17H2,1H3. The number of nitrogens with zero attached hydrogens (tertiary/aromatic N) is 2. The van der Waals surface area contributed by atoms with Gasteiger partial charge in [-0.25, -0.2) is 0 Å². The molecular formula is C22H30N2O2. The number of hydrogen-bond donors (Lipinski definition) is 0. The quantitative estimate of drug-likeness (QED) is 0.778. The van der Waals surface area contributed by atoms with Crippen LogP contribution in [0.15, 0.2) is 43.0 Å². The Bertz CT molecular complexity index is 639. The smallest absolute Gasteiger partial charge is 0.245 e. The van der Waals surface area contributed by atoms with Crippen LogP contribution < -0.4 is 0 Å². The van der Waals surface area contributed by atoms with Crippen LogP contribution in [0, 0.1) is 5.92 Å². The zero-order chi connectivity index (χ0) is 18.6. The molecule has 1 aromatic carbocycles. The minimum Gasteiger partial charge on any atom is -0.342 e. The lowest BCUT2D eigenvalue weighted by Crippen LogP contribution is -2.55. The molecule has 2 fully saturated rings. The van der Waals surface area contributed by atoms with Crippen molar-refractivity contribution < 1.29 is 9.59 Å². The van der Waals surface area contributed by atoms with Gasteiger partial charge in [0, 0.05) is 26.2 Å². The van der Waals surface area contributed by atoms with Crippen molar-refractivity contribution in [2.45, 2.75) is 44.4 Å². The predicted molar refractivity (Wildman–Crippen MR) is 104 cm³/mol. The molecule has 2 amide bonds. The third kappa shape index (κ3) is 3.55. The van der Waals surface area contributed by atoms with Gasteiger partial charge in [-0.05, 0) is 43.2 Å². The van der Waals surface area contributed by atoms with Gasteiger partial charge >= 0.3 is 0 Å². The minimum absolute atomic E-state index is 0.0390. The van der Waals surface area contributed by atoms with Gasteiger partial charge in [-0.15, -0.1) is 0 Å². The molecule has 0 radical (unpaired) electrons. The van der Waals surface area contributed by atoms with Crippen molar-refractivity contribution in [1.82, 2.24) is 9.80 Å². The van der Waals surface area contributed by atoms with Crippen LogP contribution in [0.3, 0.4) is 0 Å². The summed E-state index contributed by atoms with van der Waals surface area (Å²) in [6, 6.07) is 10.2. The van der Waals surface area contributed by atoms with E-state index in [2.05, 4.69) is 30.5 Å². The van der Waals surface area contributed by atoms with E-state index in [0.29, 0.717) is 25.9 Å². The van der Waals surface area contributed by atoms with Gasteiger partial charge in [0.25, 0.3) is 0 Å². The fourth-order valence-electron chi connectivity index (χ4n) is 4.47. The number of amides is 2. The van der Waals surface area contributed by atoms with Gasteiger partial charge in [0.05, 0.1) is 5.41 Å². The van der Waals surface area contributed by atoms with E-state index in [4.69, 9.17) is 0 Å². The Balaban J connectivity index is 1.82. The summed E-state index contributed by atoms with van der Waals surface area (Å²) in [7, 11) is 0. The SMILES string of the molecule is C=CC(=O)N1CCC(C(=O)N2CCC(CC)CC2)(c2ccccc2)CC1. The maximum absolute atomic E-state index is 13.6. The Morgan fingerprint density at radius 1 is 1.08 bits per heavy atom. The van der Waals surface area contributed by atoms with Gasteiger partial charge in [-0.3, -0.25) is 9.59 Å². The molecule has 2 saturated heterocycles. The van der Waals surface area contributed by atoms with E-state index in [1.54, 1.807) is 0 Å². The van der Waals surface area contributed by atoms with Crippen LogP contribution in [0.1, 0.15) is 44.6 Å². The second kappa shape index (κ2) is 8.07. The van der Waals surface area contributed by atoms with Crippen molar-refractivity contribution >= 4 is 11.8 Å². The van der Waals surface area contributed by atoms with Gasteiger partial charge in [0.1, 0.15) is 0 Å². The molecule has 2 heterocycles. The van der Waals surface area contributed by atoms with E-state index in [1.807, 2.05) is 23.1 Å². The second-order valence-electron chi connectivity index (χ2n) is 7.62. The zero-order valence-corrected chi connectivity index (χ0v) is 15.8. The summed E-state index contributed by atoms with van der Waals surface area (Å²) in [5, 5.41) is 0. The van der Waals surface area contributed by atoms with E-state index < -0.39 is 5.41 Å². The van der Waals surface area contributed by atoms with E-state index >= 15 is 0 Å². The van der Waals surface area contributed by atoms with Crippen LogP contribution in [0.4, 0.5) is 0 Å². The minimum atomic E-state index is -0.502. The number of likely N-dealkylation sites (tertiary alicyclic amines) is 2. The van der Waals surface area contributed by atoms with Crippen LogP contribution in [0.5, 0.6) is 0 Å². The van der Waals surface area contributed by atoms with Crippen molar-refractivity contribution in [3.05, 3.63) is 48.6 Å². The summed E-state index contributed by atoms with van der Waals surface area (Å²) in [6.45, 7) is 8.76. The molecule has 0 spiro atoms. The van der Waals surface area contributed by atoms with E-state index in [1.165, 1.54) is 12.5 Å². The molecule has 140 valence electrons. The average molecular weight is 354 g/mol. The Labute approximate surface area is 156 Å². The van der Waals surface area contributed by atoms with Crippen molar-refractivity contribution in [2.24, 2.45) is 5.92 Å². The maximum atomic E-state index is 13.6. The third-order valence-corrected chi connectivity index (χ3v) is 6.32. The molecule has 3 rings (SSSR count). The highest BCUT2D eigenvalue weighted by atomic mass is 16.2. The van der Waals surface area contributed by atoms with Gasteiger partial charge in [0.2, 0.25) is 11.8 Å². The van der Waals surface area contributed by atoms with Crippen LogP contribution in [0.25, 0.3) is 0 Å². The molecule has 4 nitrogen and oxygen atoms in total. The molecule has 0 atom stereocenters. The summed E-state index contributed by atoms with van der Waals surface area (Å²) >= 11 is 0. The molecular weight excluding hydrogens is 324 g/mol. The molecule has 0 N–H and O–H groups in total. The van der Waals surface area contributed by atoms with Gasteiger partial charge in [0.15, 0.2) is 0 Å². The summed E-state index contributed by atoms with van der Waals surface area (Å²) in [5.41, 5.74) is 0.589. The van der Waals surface area contributed by atoms with E-state index in [-0.39, 0.29) is 11.8 Å². The molecule has 0 bridgehead atoms. The van der Waals surface area contributed by atoms with Crippen LogP contribution in [-0.2, 0) is 15.0 Å². The normalized spacial score (nSPS) is 20.7. The van der Waals surface area contributed by atoms with Crippen molar-refractivity contribution in [1.29, 1.82) is 0 Å². The van der Waals surface area contributed by atoms with Gasteiger partial charge in [-0.2, -0.15) is 0 Å². The molecule has 0 aliphatic carbocycles. The number of hydrogen-bond acceptors (Lipinski definition) is 2. The highest BCUT2D eigenvalue weighted by Gasteiger charge is 2.45. The van der Waals surface area contributed by atoms with Crippen molar-refractivity contribution in [3.8, 4) is 0 Å². The molecule has 0 aromatic heterocycles. The molecule has 0 unspecified atom stereocenters. The highest BCUT2D eigenvalue weighted by molar-refractivity contribution is 5.90. The first kappa shape index (κ1) is 18.7. The number of carbonyl (C=O) groups excluding carboxylic acids is 2. The number of carbonyl (C=O) groups is 2. The maximum Gasteiger partial charge on any atom is 0.245 e. The summed E-state index contributed by atoms with van der Waals surface area (Å²) < 4.78 is 0. The van der Waals surface area contributed by atoms with E-state index in [9.17, 15) is 9.59 Å². The lowest BCUT2D eigenvalue weighted by Gasteiger charge is -2.45. The lowest BCUT2D eigenvalue weighted by atomic mass is 9.71. The fraction of sp³-hybridized carbons (Fsp3) is 0.545. The van der Waals surface area contributed by atoms with E-state index in [0.717, 1.165) is 37.4 Å². The van der Waals surface area contributed by atoms with Crippen LogP contribution >= 0.6 is 0 Å². The van der Waals surface area contributed by atoms with Crippen molar-refractivity contribution in [2.75, 3.05) is 26.2 Å². The van der Waals surface area contributed by atoms with Crippen LogP contribution in [-0.4, -0.2) is 47.8 Å². The molecule has 26 heavy (non-hydrogen) atoms. The Morgan fingerprint density at radius 3 is 2.23 bits per heavy atom. The van der Waals surface area contributed by atoms with Crippen molar-refractivity contribution in [3.63, 3.8) is 0 Å². The molecule has 2 aliphatic heterocycles.